The van der Waals surface area contributed by atoms with Crippen molar-refractivity contribution in [2.75, 3.05) is 0 Å². The van der Waals surface area contributed by atoms with E-state index in [1.54, 1.807) is 13.8 Å². The second-order valence-corrected chi connectivity index (χ2v) is 4.17. The molecule has 0 aliphatic heterocycles. The van der Waals surface area contributed by atoms with Crippen molar-refractivity contribution in [1.82, 2.24) is 0 Å². The lowest BCUT2D eigenvalue weighted by Gasteiger charge is -2.08. The van der Waals surface area contributed by atoms with Crippen LogP contribution in [0.25, 0.3) is 0 Å². The fourth-order valence-electron chi connectivity index (χ4n) is 0.525. The van der Waals surface area contributed by atoms with Gasteiger partial charge in [-0.1, -0.05) is 13.8 Å². The van der Waals surface area contributed by atoms with Crippen molar-refractivity contribution in [3.05, 3.63) is 0 Å². The van der Waals surface area contributed by atoms with E-state index in [0.717, 1.165) is 0 Å². The topological polar surface area (TPSA) is 74.6 Å². The van der Waals surface area contributed by atoms with E-state index in [-0.39, 0.29) is 12.3 Å². The van der Waals surface area contributed by atoms with Gasteiger partial charge in [0.15, 0.2) is 5.44 Å². The van der Waals surface area contributed by atoms with E-state index >= 15 is 0 Å². The van der Waals surface area contributed by atoms with Gasteiger partial charge in [0.1, 0.15) is 0 Å². The van der Waals surface area contributed by atoms with Crippen molar-refractivity contribution in [3.63, 3.8) is 0 Å². The molecule has 5 heteroatoms. The Bertz CT molecular complexity index is 182. The van der Waals surface area contributed by atoms with Gasteiger partial charge in [0.25, 0.3) is 10.1 Å². The molecule has 0 saturated carbocycles. The summed E-state index contributed by atoms with van der Waals surface area (Å²) in [6.07, 6.45) is 0.0683. The second kappa shape index (κ2) is 3.32. The zero-order valence-corrected chi connectivity index (χ0v) is 6.80. The lowest BCUT2D eigenvalue weighted by molar-refractivity contribution is 0.207. The minimum atomic E-state index is -4.24. The molecule has 4 nitrogen and oxygen atoms in total. The standard InChI is InChI=1S/C5H12O4S/c1-4(2)3-5(6)10(7,8)9/h4-6H,3H2,1-2H3,(H,7,8,9)/t5-/m0/s1. The molecule has 1 atom stereocenters. The van der Waals surface area contributed by atoms with E-state index in [0.29, 0.717) is 0 Å². The Balaban J connectivity index is 3.99. The van der Waals surface area contributed by atoms with Crippen LogP contribution in [-0.4, -0.2) is 23.5 Å². The van der Waals surface area contributed by atoms with E-state index in [9.17, 15) is 8.42 Å². The Hall–Kier alpha value is -0.130. The van der Waals surface area contributed by atoms with Gasteiger partial charge in [-0.15, -0.1) is 0 Å². The molecule has 10 heavy (non-hydrogen) atoms. The molecule has 0 saturated heterocycles. The van der Waals surface area contributed by atoms with Crippen LogP contribution in [-0.2, 0) is 10.1 Å². The van der Waals surface area contributed by atoms with Crippen LogP contribution in [0.1, 0.15) is 20.3 Å². The van der Waals surface area contributed by atoms with Crippen molar-refractivity contribution in [2.24, 2.45) is 5.92 Å². The maximum atomic E-state index is 10.2. The Morgan fingerprint density at radius 1 is 1.40 bits per heavy atom. The smallest absolute Gasteiger partial charge is 0.291 e. The molecule has 0 radical (unpaired) electrons. The number of hydrogen-bond acceptors (Lipinski definition) is 3. The van der Waals surface area contributed by atoms with Crippen LogP contribution < -0.4 is 0 Å². The molecule has 62 valence electrons. The minimum Gasteiger partial charge on any atom is -0.375 e. The van der Waals surface area contributed by atoms with Crippen LogP contribution in [0, 0.1) is 5.92 Å². The quantitative estimate of drug-likeness (QED) is 0.592. The Morgan fingerprint density at radius 2 is 1.80 bits per heavy atom. The predicted molar refractivity (Wildman–Crippen MR) is 37.0 cm³/mol. The van der Waals surface area contributed by atoms with Crippen LogP contribution >= 0.6 is 0 Å². The molecule has 0 amide bonds. The van der Waals surface area contributed by atoms with E-state index in [1.807, 2.05) is 0 Å². The molecule has 0 spiro atoms. The molecule has 0 aliphatic rings. The molecule has 0 rings (SSSR count). The van der Waals surface area contributed by atoms with Gasteiger partial charge in [-0.05, 0) is 12.3 Å². The molecule has 0 heterocycles. The Kier molecular flexibility index (Phi) is 3.27. The zero-order chi connectivity index (χ0) is 8.36. The first-order valence-corrected chi connectivity index (χ1v) is 4.48. The van der Waals surface area contributed by atoms with Gasteiger partial charge < -0.3 is 5.11 Å². The van der Waals surface area contributed by atoms with Gasteiger partial charge in [-0.25, -0.2) is 0 Å². The number of aliphatic hydroxyl groups is 1. The first kappa shape index (κ1) is 9.87. The SMILES string of the molecule is CC(C)C[C@@H](O)S(=O)(=O)O. The summed E-state index contributed by atoms with van der Waals surface area (Å²) < 4.78 is 28.6. The van der Waals surface area contributed by atoms with Crippen molar-refractivity contribution < 1.29 is 18.1 Å². The lowest BCUT2D eigenvalue weighted by atomic mass is 10.1. The summed E-state index contributed by atoms with van der Waals surface area (Å²) in [7, 11) is -4.24. The zero-order valence-electron chi connectivity index (χ0n) is 5.98. The van der Waals surface area contributed by atoms with Crippen molar-refractivity contribution >= 4 is 10.1 Å². The molecule has 2 N–H and O–H groups in total. The first-order chi connectivity index (χ1) is 4.34. The molecule has 0 aromatic heterocycles. The van der Waals surface area contributed by atoms with E-state index in [2.05, 4.69) is 0 Å². The van der Waals surface area contributed by atoms with Crippen molar-refractivity contribution in [2.45, 2.75) is 25.7 Å². The molecular weight excluding hydrogens is 156 g/mol. The van der Waals surface area contributed by atoms with Crippen LogP contribution in [0.5, 0.6) is 0 Å². The van der Waals surface area contributed by atoms with Gasteiger partial charge in [0, 0.05) is 0 Å². The summed E-state index contributed by atoms with van der Waals surface area (Å²) in [5.41, 5.74) is -1.63. The molecule has 0 aliphatic carbocycles. The summed E-state index contributed by atoms with van der Waals surface area (Å²) >= 11 is 0. The molecule has 0 aromatic carbocycles. The number of aliphatic hydroxyl groups excluding tert-OH is 1. The fourth-order valence-corrected chi connectivity index (χ4v) is 1.15. The highest BCUT2D eigenvalue weighted by Crippen LogP contribution is 2.08. The van der Waals surface area contributed by atoms with E-state index in [4.69, 9.17) is 9.66 Å². The maximum absolute atomic E-state index is 10.2. The highest BCUT2D eigenvalue weighted by molar-refractivity contribution is 7.86. The largest absolute Gasteiger partial charge is 0.375 e. The van der Waals surface area contributed by atoms with E-state index < -0.39 is 15.6 Å². The third kappa shape index (κ3) is 3.81. The molecule has 0 fully saturated rings. The van der Waals surface area contributed by atoms with Crippen LogP contribution in [0.15, 0.2) is 0 Å². The first-order valence-electron chi connectivity index (χ1n) is 2.98. The fraction of sp³-hybridized carbons (Fsp3) is 1.00. The van der Waals surface area contributed by atoms with Gasteiger partial charge in [0.2, 0.25) is 0 Å². The molecular formula is C5H12O4S. The van der Waals surface area contributed by atoms with Crippen LogP contribution in [0.4, 0.5) is 0 Å². The van der Waals surface area contributed by atoms with Crippen LogP contribution in [0.3, 0.4) is 0 Å². The lowest BCUT2D eigenvalue weighted by Crippen LogP contribution is -2.21. The highest BCUT2D eigenvalue weighted by Gasteiger charge is 2.19. The van der Waals surface area contributed by atoms with Gasteiger partial charge in [-0.2, -0.15) is 8.42 Å². The Morgan fingerprint density at radius 3 is 1.90 bits per heavy atom. The van der Waals surface area contributed by atoms with Crippen molar-refractivity contribution in [1.29, 1.82) is 0 Å². The monoisotopic (exact) mass is 168 g/mol. The maximum Gasteiger partial charge on any atom is 0.291 e. The summed E-state index contributed by atoms with van der Waals surface area (Å²) in [5, 5.41) is 8.72. The van der Waals surface area contributed by atoms with Crippen LogP contribution in [0.2, 0.25) is 0 Å². The third-order valence-electron chi connectivity index (χ3n) is 1.02. The summed E-state index contributed by atoms with van der Waals surface area (Å²) in [4.78, 5) is 0. The summed E-state index contributed by atoms with van der Waals surface area (Å²) in [6, 6.07) is 0. The molecule has 0 unspecified atom stereocenters. The van der Waals surface area contributed by atoms with Gasteiger partial charge in [0.05, 0.1) is 0 Å². The number of rotatable bonds is 3. The average molecular weight is 168 g/mol. The molecule has 0 bridgehead atoms. The summed E-state index contributed by atoms with van der Waals surface area (Å²) in [5.74, 6) is 0.0527. The predicted octanol–water partition coefficient (Wildman–Crippen LogP) is 0.239. The van der Waals surface area contributed by atoms with Gasteiger partial charge in [-0.3, -0.25) is 4.55 Å². The number of hydrogen-bond donors (Lipinski definition) is 2. The minimum absolute atomic E-state index is 0.0527. The third-order valence-corrected chi connectivity index (χ3v) is 1.90. The second-order valence-electron chi connectivity index (χ2n) is 2.60. The normalized spacial score (nSPS) is 15.7. The highest BCUT2D eigenvalue weighted by atomic mass is 32.2. The summed E-state index contributed by atoms with van der Waals surface area (Å²) in [6.45, 7) is 3.52. The van der Waals surface area contributed by atoms with Gasteiger partial charge >= 0.3 is 0 Å². The van der Waals surface area contributed by atoms with E-state index in [1.165, 1.54) is 0 Å². The molecule has 0 aromatic rings. The van der Waals surface area contributed by atoms with Crippen molar-refractivity contribution in [3.8, 4) is 0 Å². The average Bonchev–Trinajstić information content (AvgIpc) is 1.60. The Labute approximate surface area is 60.6 Å².